The molecule has 0 aliphatic carbocycles. The molecule has 2 aliphatic rings. The Morgan fingerprint density at radius 3 is 2.44 bits per heavy atom. The minimum atomic E-state index is -3.63. The number of carbonyl (C=O) groups excluding carboxylic acids is 1. The summed E-state index contributed by atoms with van der Waals surface area (Å²) in [5.41, 5.74) is 1.47. The van der Waals surface area contributed by atoms with Gasteiger partial charge in [0.1, 0.15) is 0 Å². The Kier molecular flexibility index (Phi) is 4.89. The van der Waals surface area contributed by atoms with Gasteiger partial charge in [-0.25, -0.2) is 21.6 Å². The van der Waals surface area contributed by atoms with Gasteiger partial charge in [-0.3, -0.25) is 4.79 Å². The molecule has 0 unspecified atom stereocenters. The van der Waals surface area contributed by atoms with Gasteiger partial charge in [0, 0.05) is 31.2 Å². The minimum Gasteiger partial charge on any atom is -0.326 e. The molecular weight excluding hydrogens is 366 g/mol. The van der Waals surface area contributed by atoms with Gasteiger partial charge < -0.3 is 5.32 Å². The van der Waals surface area contributed by atoms with Crippen molar-refractivity contribution < 1.29 is 21.6 Å². The van der Waals surface area contributed by atoms with E-state index in [-0.39, 0.29) is 29.9 Å². The maximum Gasteiger partial charge on any atom is 0.243 e. The topological polar surface area (TPSA) is 113 Å². The van der Waals surface area contributed by atoms with E-state index in [4.69, 9.17) is 0 Å². The van der Waals surface area contributed by atoms with Crippen LogP contribution in [0.5, 0.6) is 0 Å². The summed E-state index contributed by atoms with van der Waals surface area (Å²) in [5.74, 6) is -0.0662. The van der Waals surface area contributed by atoms with E-state index >= 15 is 0 Å². The molecule has 25 heavy (non-hydrogen) atoms. The van der Waals surface area contributed by atoms with Crippen LogP contribution in [0.2, 0.25) is 0 Å². The molecule has 1 saturated heterocycles. The summed E-state index contributed by atoms with van der Waals surface area (Å²) in [6.45, 7) is 0.534. The van der Waals surface area contributed by atoms with Crippen molar-refractivity contribution in [2.45, 2.75) is 36.6 Å². The van der Waals surface area contributed by atoms with E-state index in [9.17, 15) is 21.6 Å². The maximum absolute atomic E-state index is 12.8. The number of sulfonamides is 2. The van der Waals surface area contributed by atoms with E-state index < -0.39 is 20.0 Å². The van der Waals surface area contributed by atoms with Crippen molar-refractivity contribution in [2.24, 2.45) is 0 Å². The molecule has 8 nitrogen and oxygen atoms in total. The van der Waals surface area contributed by atoms with Gasteiger partial charge in [0.05, 0.1) is 11.2 Å². The van der Waals surface area contributed by atoms with Crippen molar-refractivity contribution >= 4 is 31.6 Å². The molecule has 1 fully saturated rings. The first-order valence-corrected chi connectivity index (χ1v) is 11.4. The first kappa shape index (κ1) is 18.3. The lowest BCUT2D eigenvalue weighted by atomic mass is 10.0. The number of hydrogen-bond donors (Lipinski definition) is 2. The van der Waals surface area contributed by atoms with Gasteiger partial charge in [-0.15, -0.1) is 0 Å². The second-order valence-corrected chi connectivity index (χ2v) is 10.2. The van der Waals surface area contributed by atoms with Crippen LogP contribution in [0.4, 0.5) is 5.69 Å². The van der Waals surface area contributed by atoms with E-state index in [2.05, 4.69) is 10.0 Å². The van der Waals surface area contributed by atoms with Gasteiger partial charge in [0.15, 0.2) is 0 Å². The highest BCUT2D eigenvalue weighted by Crippen LogP contribution is 2.28. The second kappa shape index (κ2) is 6.67. The molecule has 10 heteroatoms. The van der Waals surface area contributed by atoms with E-state index in [0.29, 0.717) is 31.4 Å². The SMILES string of the molecule is CS(=O)(=O)NC1CCN(S(=O)(=O)c2ccc3c(c2)CCC(=O)N3)CC1. The maximum atomic E-state index is 12.8. The number of anilines is 1. The molecule has 2 aliphatic heterocycles. The number of rotatable bonds is 4. The summed E-state index contributed by atoms with van der Waals surface area (Å²) in [4.78, 5) is 11.6. The molecule has 0 aromatic heterocycles. The van der Waals surface area contributed by atoms with Crippen molar-refractivity contribution in [1.29, 1.82) is 0 Å². The zero-order valence-electron chi connectivity index (χ0n) is 13.9. The molecule has 0 atom stereocenters. The lowest BCUT2D eigenvalue weighted by Gasteiger charge is -2.31. The predicted octanol–water partition coefficient (Wildman–Crippen LogP) is 0.274. The van der Waals surface area contributed by atoms with Crippen LogP contribution >= 0.6 is 0 Å². The summed E-state index contributed by atoms with van der Waals surface area (Å²) < 4.78 is 52.1. The van der Waals surface area contributed by atoms with Crippen LogP contribution in [-0.4, -0.2) is 52.4 Å². The molecular formula is C15H21N3O5S2. The van der Waals surface area contributed by atoms with Gasteiger partial charge in [-0.1, -0.05) is 0 Å². The number of piperidine rings is 1. The number of fused-ring (bicyclic) bond motifs is 1. The third-order valence-corrected chi connectivity index (χ3v) is 7.10. The third-order valence-electron chi connectivity index (χ3n) is 4.44. The second-order valence-electron chi connectivity index (χ2n) is 6.44. The number of hydrogen-bond acceptors (Lipinski definition) is 5. The lowest BCUT2D eigenvalue weighted by molar-refractivity contribution is -0.116. The Balaban J connectivity index is 1.74. The summed E-state index contributed by atoms with van der Waals surface area (Å²) >= 11 is 0. The average Bonchev–Trinajstić information content (AvgIpc) is 2.53. The Morgan fingerprint density at radius 2 is 1.80 bits per heavy atom. The van der Waals surface area contributed by atoms with Crippen LogP contribution in [0.25, 0.3) is 0 Å². The summed E-state index contributed by atoms with van der Waals surface area (Å²) in [7, 11) is -6.93. The highest BCUT2D eigenvalue weighted by atomic mass is 32.2. The third kappa shape index (κ3) is 4.20. The Morgan fingerprint density at radius 1 is 1.12 bits per heavy atom. The number of amides is 1. The van der Waals surface area contributed by atoms with Crippen LogP contribution in [-0.2, 0) is 31.3 Å². The largest absolute Gasteiger partial charge is 0.326 e. The van der Waals surface area contributed by atoms with Gasteiger partial charge in [0.25, 0.3) is 0 Å². The quantitative estimate of drug-likeness (QED) is 0.770. The van der Waals surface area contributed by atoms with E-state index in [0.717, 1.165) is 11.8 Å². The van der Waals surface area contributed by atoms with Crippen molar-refractivity contribution in [3.63, 3.8) is 0 Å². The molecule has 0 radical (unpaired) electrons. The zero-order valence-corrected chi connectivity index (χ0v) is 15.5. The molecule has 1 aromatic carbocycles. The van der Waals surface area contributed by atoms with Crippen molar-refractivity contribution in [2.75, 3.05) is 24.7 Å². The zero-order chi connectivity index (χ0) is 18.2. The van der Waals surface area contributed by atoms with Gasteiger partial charge in [-0.05, 0) is 43.0 Å². The van der Waals surface area contributed by atoms with E-state index in [1.807, 2.05) is 0 Å². The Hall–Kier alpha value is -1.49. The molecule has 0 spiro atoms. The highest BCUT2D eigenvalue weighted by molar-refractivity contribution is 7.89. The van der Waals surface area contributed by atoms with Gasteiger partial charge in [0.2, 0.25) is 26.0 Å². The molecule has 0 bridgehead atoms. The molecule has 1 amide bonds. The fraction of sp³-hybridized carbons (Fsp3) is 0.533. The molecule has 138 valence electrons. The fourth-order valence-corrected chi connectivity index (χ4v) is 5.55. The number of carbonyl (C=O) groups is 1. The Bertz CT molecular complexity index is 888. The first-order chi connectivity index (χ1) is 11.6. The molecule has 0 saturated carbocycles. The number of benzene rings is 1. The predicted molar refractivity (Wildman–Crippen MR) is 93.2 cm³/mol. The van der Waals surface area contributed by atoms with Crippen LogP contribution in [0.3, 0.4) is 0 Å². The van der Waals surface area contributed by atoms with Crippen molar-refractivity contribution in [3.05, 3.63) is 23.8 Å². The van der Waals surface area contributed by atoms with Crippen molar-refractivity contribution in [3.8, 4) is 0 Å². The lowest BCUT2D eigenvalue weighted by Crippen LogP contribution is -2.46. The van der Waals surface area contributed by atoms with Crippen LogP contribution in [0, 0.1) is 0 Å². The molecule has 2 heterocycles. The van der Waals surface area contributed by atoms with E-state index in [1.165, 1.54) is 10.4 Å². The summed E-state index contributed by atoms with van der Waals surface area (Å²) in [6, 6.07) is 4.50. The minimum absolute atomic E-state index is 0.0662. The average molecular weight is 387 g/mol. The monoisotopic (exact) mass is 387 g/mol. The normalized spacial score (nSPS) is 20.1. The molecule has 2 N–H and O–H groups in total. The van der Waals surface area contributed by atoms with Crippen LogP contribution in [0.1, 0.15) is 24.8 Å². The highest BCUT2D eigenvalue weighted by Gasteiger charge is 2.31. The summed E-state index contributed by atoms with van der Waals surface area (Å²) in [6.07, 6.45) is 2.84. The summed E-state index contributed by atoms with van der Waals surface area (Å²) in [5, 5.41) is 2.73. The number of nitrogens with zero attached hydrogens (tertiary/aromatic N) is 1. The van der Waals surface area contributed by atoms with Gasteiger partial charge in [-0.2, -0.15) is 4.31 Å². The fourth-order valence-electron chi connectivity index (χ4n) is 3.19. The first-order valence-electron chi connectivity index (χ1n) is 8.05. The van der Waals surface area contributed by atoms with Crippen molar-refractivity contribution in [1.82, 2.24) is 9.03 Å². The van der Waals surface area contributed by atoms with E-state index in [1.54, 1.807) is 12.1 Å². The number of aryl methyl sites for hydroxylation is 1. The smallest absolute Gasteiger partial charge is 0.243 e. The Labute approximate surface area is 147 Å². The van der Waals surface area contributed by atoms with Crippen LogP contribution in [0.15, 0.2) is 23.1 Å². The van der Waals surface area contributed by atoms with Gasteiger partial charge >= 0.3 is 0 Å². The van der Waals surface area contributed by atoms with Crippen LogP contribution < -0.4 is 10.0 Å². The standard InChI is InChI=1S/C15H21N3O5S2/c1-24(20,21)17-12-6-8-18(9-7-12)25(22,23)13-3-4-14-11(10-13)2-5-15(19)16-14/h3-4,10,12,17H,2,5-9H2,1H3,(H,16,19). The molecule has 1 aromatic rings. The molecule has 3 rings (SSSR count). The number of nitrogens with one attached hydrogen (secondary N) is 2.